The van der Waals surface area contributed by atoms with Crippen LogP contribution in [0.25, 0.3) is 0 Å². The number of hydrogen-bond acceptors (Lipinski definition) is 3. The van der Waals surface area contributed by atoms with Gasteiger partial charge in [0.1, 0.15) is 11.6 Å². The zero-order valence-electron chi connectivity index (χ0n) is 12.7. The number of likely N-dealkylation sites (tertiary alicyclic amines) is 1. The fraction of sp³-hybridized carbons (Fsp3) is 0.500. The molecule has 0 radical (unpaired) electrons. The third-order valence-corrected chi connectivity index (χ3v) is 4.16. The number of amides is 1. The van der Waals surface area contributed by atoms with Crippen molar-refractivity contribution in [2.75, 3.05) is 20.2 Å². The SMILES string of the molecule is COc1ccc(F)cc1CC(=O)N1CCC(C(=O)O)C(C)C1. The topological polar surface area (TPSA) is 66.8 Å². The second kappa shape index (κ2) is 6.77. The van der Waals surface area contributed by atoms with Crippen molar-refractivity contribution < 1.29 is 23.8 Å². The number of benzene rings is 1. The molecule has 0 spiro atoms. The van der Waals surface area contributed by atoms with Crippen LogP contribution in [0.5, 0.6) is 5.75 Å². The number of piperidine rings is 1. The van der Waals surface area contributed by atoms with Crippen molar-refractivity contribution in [2.45, 2.75) is 19.8 Å². The summed E-state index contributed by atoms with van der Waals surface area (Å²) in [6.45, 7) is 2.66. The van der Waals surface area contributed by atoms with E-state index in [2.05, 4.69) is 0 Å². The van der Waals surface area contributed by atoms with Crippen LogP contribution in [0.2, 0.25) is 0 Å². The van der Waals surface area contributed by atoms with E-state index in [0.29, 0.717) is 30.8 Å². The van der Waals surface area contributed by atoms with Crippen molar-refractivity contribution in [2.24, 2.45) is 11.8 Å². The Bertz CT molecular complexity index is 575. The van der Waals surface area contributed by atoms with E-state index >= 15 is 0 Å². The summed E-state index contributed by atoms with van der Waals surface area (Å²) in [4.78, 5) is 25.1. The van der Waals surface area contributed by atoms with Gasteiger partial charge in [-0.15, -0.1) is 0 Å². The van der Waals surface area contributed by atoms with Crippen molar-refractivity contribution in [3.05, 3.63) is 29.6 Å². The van der Waals surface area contributed by atoms with E-state index in [0.717, 1.165) is 0 Å². The quantitative estimate of drug-likeness (QED) is 0.923. The molecular weight excluding hydrogens is 289 g/mol. The monoisotopic (exact) mass is 309 g/mol. The minimum atomic E-state index is -0.814. The number of nitrogens with zero attached hydrogens (tertiary/aromatic N) is 1. The average Bonchev–Trinajstić information content (AvgIpc) is 2.47. The number of aliphatic carboxylic acids is 1. The van der Waals surface area contributed by atoms with Gasteiger partial charge in [0.25, 0.3) is 0 Å². The molecule has 1 heterocycles. The Balaban J connectivity index is 2.04. The first-order valence-corrected chi connectivity index (χ1v) is 7.25. The highest BCUT2D eigenvalue weighted by Crippen LogP contribution is 2.25. The van der Waals surface area contributed by atoms with Crippen LogP contribution in [-0.4, -0.2) is 42.1 Å². The number of carboxylic acid groups (broad SMARTS) is 1. The normalized spacial score (nSPS) is 21.5. The Morgan fingerprint density at radius 2 is 2.18 bits per heavy atom. The molecule has 6 heteroatoms. The molecule has 0 aliphatic carbocycles. The third kappa shape index (κ3) is 3.55. The molecular formula is C16H20FNO4. The first-order valence-electron chi connectivity index (χ1n) is 7.25. The lowest BCUT2D eigenvalue weighted by Crippen LogP contribution is -2.45. The highest BCUT2D eigenvalue weighted by molar-refractivity contribution is 5.80. The van der Waals surface area contributed by atoms with E-state index in [4.69, 9.17) is 9.84 Å². The maximum Gasteiger partial charge on any atom is 0.306 e. The van der Waals surface area contributed by atoms with Gasteiger partial charge in [-0.05, 0) is 30.5 Å². The molecule has 1 aromatic rings. The van der Waals surface area contributed by atoms with E-state index in [1.807, 2.05) is 6.92 Å². The molecule has 0 bridgehead atoms. The summed E-state index contributed by atoms with van der Waals surface area (Å²) in [5, 5.41) is 9.11. The van der Waals surface area contributed by atoms with Gasteiger partial charge in [0.2, 0.25) is 5.91 Å². The molecule has 1 N–H and O–H groups in total. The molecule has 5 nitrogen and oxygen atoms in total. The van der Waals surface area contributed by atoms with E-state index in [-0.39, 0.29) is 18.2 Å². The molecule has 1 aliphatic rings. The van der Waals surface area contributed by atoms with Crippen LogP contribution in [0.15, 0.2) is 18.2 Å². The lowest BCUT2D eigenvalue weighted by Gasteiger charge is -2.35. The Labute approximate surface area is 128 Å². The van der Waals surface area contributed by atoms with Crippen LogP contribution in [-0.2, 0) is 16.0 Å². The van der Waals surface area contributed by atoms with Gasteiger partial charge in [-0.25, -0.2) is 4.39 Å². The molecule has 1 aliphatic heterocycles. The van der Waals surface area contributed by atoms with Crippen molar-refractivity contribution >= 4 is 11.9 Å². The molecule has 22 heavy (non-hydrogen) atoms. The summed E-state index contributed by atoms with van der Waals surface area (Å²) in [5.41, 5.74) is 0.500. The summed E-state index contributed by atoms with van der Waals surface area (Å²) >= 11 is 0. The number of carboxylic acids is 1. The van der Waals surface area contributed by atoms with Crippen LogP contribution >= 0.6 is 0 Å². The van der Waals surface area contributed by atoms with E-state index in [9.17, 15) is 14.0 Å². The van der Waals surface area contributed by atoms with Crippen molar-refractivity contribution in [3.8, 4) is 5.75 Å². The fourth-order valence-electron chi connectivity index (χ4n) is 2.90. The number of rotatable bonds is 4. The summed E-state index contributed by atoms with van der Waals surface area (Å²) in [6.07, 6.45) is 0.494. The van der Waals surface area contributed by atoms with E-state index in [1.54, 1.807) is 4.90 Å². The second-order valence-electron chi connectivity index (χ2n) is 5.68. The molecule has 1 amide bonds. The van der Waals surface area contributed by atoms with Crippen LogP contribution in [0.4, 0.5) is 4.39 Å². The van der Waals surface area contributed by atoms with Crippen LogP contribution in [0.1, 0.15) is 18.9 Å². The minimum absolute atomic E-state index is 0.0470. The highest BCUT2D eigenvalue weighted by Gasteiger charge is 2.33. The van der Waals surface area contributed by atoms with Gasteiger partial charge in [-0.2, -0.15) is 0 Å². The Kier molecular flexibility index (Phi) is 5.00. The zero-order valence-corrected chi connectivity index (χ0v) is 12.7. The summed E-state index contributed by atoms with van der Waals surface area (Å²) in [7, 11) is 1.47. The molecule has 0 saturated carbocycles. The Morgan fingerprint density at radius 1 is 1.45 bits per heavy atom. The Hall–Kier alpha value is -2.11. The number of halogens is 1. The van der Waals surface area contributed by atoms with Gasteiger partial charge >= 0.3 is 5.97 Å². The number of ether oxygens (including phenoxy) is 1. The smallest absolute Gasteiger partial charge is 0.306 e. The number of methoxy groups -OCH3 is 1. The summed E-state index contributed by atoms with van der Waals surface area (Å²) in [6, 6.07) is 4.08. The number of carbonyl (C=O) groups is 2. The standard InChI is InChI=1S/C16H20FNO4/c1-10-9-18(6-5-13(10)16(20)21)15(19)8-11-7-12(17)3-4-14(11)22-2/h3-4,7,10,13H,5-6,8-9H2,1-2H3,(H,20,21). The molecule has 0 aromatic heterocycles. The predicted octanol–water partition coefficient (Wildman–Crippen LogP) is 1.95. The summed E-state index contributed by atoms with van der Waals surface area (Å²) in [5.74, 6) is -1.40. The van der Waals surface area contributed by atoms with Gasteiger partial charge in [-0.3, -0.25) is 9.59 Å². The molecule has 1 saturated heterocycles. The van der Waals surface area contributed by atoms with Gasteiger partial charge in [0.15, 0.2) is 0 Å². The Morgan fingerprint density at radius 3 is 2.77 bits per heavy atom. The largest absolute Gasteiger partial charge is 0.496 e. The molecule has 2 unspecified atom stereocenters. The minimum Gasteiger partial charge on any atom is -0.496 e. The van der Waals surface area contributed by atoms with Crippen LogP contribution in [0.3, 0.4) is 0 Å². The van der Waals surface area contributed by atoms with Gasteiger partial charge in [0.05, 0.1) is 19.4 Å². The summed E-state index contributed by atoms with van der Waals surface area (Å²) < 4.78 is 18.5. The van der Waals surface area contributed by atoms with Crippen LogP contribution < -0.4 is 4.74 Å². The molecule has 1 aromatic carbocycles. The van der Waals surface area contributed by atoms with Gasteiger partial charge in [-0.1, -0.05) is 6.92 Å². The number of hydrogen-bond donors (Lipinski definition) is 1. The van der Waals surface area contributed by atoms with E-state index < -0.39 is 17.7 Å². The zero-order chi connectivity index (χ0) is 16.3. The fourth-order valence-corrected chi connectivity index (χ4v) is 2.90. The van der Waals surface area contributed by atoms with E-state index in [1.165, 1.54) is 25.3 Å². The molecule has 2 rings (SSSR count). The average molecular weight is 309 g/mol. The third-order valence-electron chi connectivity index (χ3n) is 4.16. The van der Waals surface area contributed by atoms with Gasteiger partial charge < -0.3 is 14.7 Å². The predicted molar refractivity (Wildman–Crippen MR) is 78.1 cm³/mol. The van der Waals surface area contributed by atoms with Gasteiger partial charge in [0, 0.05) is 18.7 Å². The first kappa shape index (κ1) is 16.3. The first-order chi connectivity index (χ1) is 10.4. The molecule has 2 atom stereocenters. The maximum absolute atomic E-state index is 13.3. The lowest BCUT2D eigenvalue weighted by atomic mass is 9.87. The van der Waals surface area contributed by atoms with Crippen LogP contribution in [0, 0.1) is 17.7 Å². The highest BCUT2D eigenvalue weighted by atomic mass is 19.1. The molecule has 120 valence electrons. The van der Waals surface area contributed by atoms with Crippen molar-refractivity contribution in [3.63, 3.8) is 0 Å². The second-order valence-corrected chi connectivity index (χ2v) is 5.68. The molecule has 1 fully saturated rings. The van der Waals surface area contributed by atoms with Crippen molar-refractivity contribution in [1.82, 2.24) is 4.90 Å². The number of carbonyl (C=O) groups excluding carboxylic acids is 1. The maximum atomic E-state index is 13.3. The van der Waals surface area contributed by atoms with Crippen molar-refractivity contribution in [1.29, 1.82) is 0 Å². The lowest BCUT2D eigenvalue weighted by molar-refractivity contribution is -0.148.